The molecule has 2 aromatic rings. The van der Waals surface area contributed by atoms with Crippen LogP contribution in [0.1, 0.15) is 68.8 Å². The number of aryl methyl sites for hydroxylation is 1. The first-order chi connectivity index (χ1) is 17.4. The molecule has 4 rings (SSSR count). The highest BCUT2D eigenvalue weighted by atomic mass is 19.1. The Kier molecular flexibility index (Phi) is 9.39. The molecule has 8 heteroatoms. The Hall–Kier alpha value is -2.00. The van der Waals surface area contributed by atoms with Crippen molar-refractivity contribution in [3.63, 3.8) is 0 Å². The molecule has 7 nitrogen and oxygen atoms in total. The highest BCUT2D eigenvalue weighted by Gasteiger charge is 2.33. The second-order valence-corrected chi connectivity index (χ2v) is 10.4. The van der Waals surface area contributed by atoms with Crippen LogP contribution in [0.4, 0.5) is 10.1 Å². The summed E-state index contributed by atoms with van der Waals surface area (Å²) in [5.41, 5.74) is 3.30. The zero-order valence-corrected chi connectivity index (χ0v) is 22.3. The largest absolute Gasteiger partial charge is 0.372 e. The molecule has 0 spiro atoms. The molecule has 2 saturated heterocycles. The fourth-order valence-corrected chi connectivity index (χ4v) is 5.82. The number of aliphatic hydroxyl groups is 1. The molecule has 0 amide bonds. The van der Waals surface area contributed by atoms with E-state index in [2.05, 4.69) is 59.2 Å². The Morgan fingerprint density at radius 3 is 2.58 bits per heavy atom. The number of nitrogens with zero attached hydrogens (tertiary/aromatic N) is 3. The lowest BCUT2D eigenvalue weighted by molar-refractivity contribution is -0.737. The van der Waals surface area contributed by atoms with Crippen LogP contribution in [0.2, 0.25) is 0 Å². The molecule has 2 N–H and O–H groups in total. The van der Waals surface area contributed by atoms with Crippen molar-refractivity contribution in [2.24, 2.45) is 0 Å². The Balaban J connectivity index is 1.46. The molecule has 0 unspecified atom stereocenters. The van der Waals surface area contributed by atoms with E-state index in [0.29, 0.717) is 6.42 Å². The average Bonchev–Trinajstić information content (AvgIpc) is 3.55. The molecular formula is C28H44FN4O3+. The van der Waals surface area contributed by atoms with Gasteiger partial charge in [0.25, 0.3) is 5.82 Å². The zero-order chi connectivity index (χ0) is 25.7. The van der Waals surface area contributed by atoms with Gasteiger partial charge in [0.1, 0.15) is 24.7 Å². The van der Waals surface area contributed by atoms with Gasteiger partial charge in [0.15, 0.2) is 12.3 Å². The molecule has 0 aliphatic carbocycles. The summed E-state index contributed by atoms with van der Waals surface area (Å²) in [7, 11) is 3.77. The van der Waals surface area contributed by atoms with Crippen LogP contribution in [0, 0.1) is 0 Å². The lowest BCUT2D eigenvalue weighted by Crippen LogP contribution is -2.46. The minimum Gasteiger partial charge on any atom is -0.372 e. The molecular weight excluding hydrogens is 459 g/mol. The van der Waals surface area contributed by atoms with Gasteiger partial charge in [0.2, 0.25) is 0 Å². The van der Waals surface area contributed by atoms with E-state index >= 15 is 0 Å². The van der Waals surface area contributed by atoms with Gasteiger partial charge in [0, 0.05) is 57.7 Å². The number of benzene rings is 1. The average molecular weight is 504 g/mol. The van der Waals surface area contributed by atoms with Gasteiger partial charge < -0.3 is 24.4 Å². The van der Waals surface area contributed by atoms with E-state index in [1.165, 1.54) is 18.5 Å². The third-order valence-electron chi connectivity index (χ3n) is 7.88. The number of imidazole rings is 1. The molecule has 2 aliphatic rings. The number of ether oxygens (including phenoxy) is 2. The fourth-order valence-electron chi connectivity index (χ4n) is 5.82. The number of hydrogen-bond donors (Lipinski definition) is 2. The molecule has 3 heterocycles. The predicted octanol–water partition coefficient (Wildman–Crippen LogP) is 3.72. The lowest BCUT2D eigenvalue weighted by atomic mass is 10.0. The Morgan fingerprint density at radius 1 is 1.25 bits per heavy atom. The SMILES string of the molecule is CCc1[nH]c(CCN(C)[C@H]2C[C@@H](C)O[C@@H](O)C2)c[n+]1[C@H](CF)[C@H](OC)c1ccc(N2CCCC2)cc1. The van der Waals surface area contributed by atoms with Gasteiger partial charge in [0.05, 0.1) is 6.10 Å². The van der Waals surface area contributed by atoms with Crippen molar-refractivity contribution in [2.75, 3.05) is 45.4 Å². The van der Waals surface area contributed by atoms with E-state index in [9.17, 15) is 9.50 Å². The summed E-state index contributed by atoms with van der Waals surface area (Å²) in [5, 5.41) is 9.98. The number of alkyl halides is 1. The van der Waals surface area contributed by atoms with Crippen LogP contribution in [0.15, 0.2) is 30.5 Å². The van der Waals surface area contributed by atoms with E-state index in [1.54, 1.807) is 7.11 Å². The number of nitrogens with one attached hydrogen (secondary N) is 1. The van der Waals surface area contributed by atoms with Crippen LogP contribution in [-0.4, -0.2) is 73.9 Å². The minimum atomic E-state index is -0.693. The van der Waals surface area contributed by atoms with Gasteiger partial charge in [-0.25, -0.2) is 13.9 Å². The predicted molar refractivity (Wildman–Crippen MR) is 139 cm³/mol. The first-order valence-electron chi connectivity index (χ1n) is 13.5. The van der Waals surface area contributed by atoms with Gasteiger partial charge in [-0.1, -0.05) is 19.1 Å². The maximum Gasteiger partial charge on any atom is 0.254 e. The second-order valence-electron chi connectivity index (χ2n) is 10.4. The molecule has 36 heavy (non-hydrogen) atoms. The van der Waals surface area contributed by atoms with Crippen LogP contribution < -0.4 is 9.47 Å². The third kappa shape index (κ3) is 6.28. The Bertz CT molecular complexity index is 937. The van der Waals surface area contributed by atoms with Crippen LogP contribution >= 0.6 is 0 Å². The number of aromatic nitrogens is 2. The van der Waals surface area contributed by atoms with Crippen LogP contribution in [0.5, 0.6) is 0 Å². The molecule has 2 fully saturated rings. The van der Waals surface area contributed by atoms with E-state index in [4.69, 9.17) is 9.47 Å². The first kappa shape index (κ1) is 27.0. The first-order valence-corrected chi connectivity index (χ1v) is 13.5. The number of aromatic amines is 1. The van der Waals surface area contributed by atoms with Crippen molar-refractivity contribution in [1.82, 2.24) is 9.88 Å². The van der Waals surface area contributed by atoms with Gasteiger partial charge in [-0.15, -0.1) is 0 Å². The number of likely N-dealkylation sites (N-methyl/N-ethyl adjacent to an activating group) is 1. The van der Waals surface area contributed by atoms with Crippen molar-refractivity contribution in [1.29, 1.82) is 0 Å². The standard InChI is InChI=1S/C28H43FN4O3/c1-5-26-30-22(12-15-31(3)24-16-20(2)36-27(34)17-24)19-33(26)25(18-29)28(35-4)21-8-10-23(11-9-21)32-13-6-7-14-32/h8-11,19-20,24-25,27-28,34H,5-7,12-18H2,1-4H3/p+1/t20-,24+,25-,27-,28-/m1/s1. The molecule has 0 saturated carbocycles. The summed E-state index contributed by atoms with van der Waals surface area (Å²) >= 11 is 0. The number of anilines is 1. The Morgan fingerprint density at radius 2 is 1.97 bits per heavy atom. The molecule has 1 aromatic heterocycles. The normalized spacial score (nSPS) is 24.4. The zero-order valence-electron chi connectivity index (χ0n) is 22.3. The van der Waals surface area contributed by atoms with Crippen molar-refractivity contribution < 1.29 is 23.5 Å². The summed E-state index contributed by atoms with van der Waals surface area (Å²) in [4.78, 5) is 8.23. The second kappa shape index (κ2) is 12.5. The number of rotatable bonds is 11. The summed E-state index contributed by atoms with van der Waals surface area (Å²) in [6.07, 6.45) is 6.66. The molecule has 200 valence electrons. The number of H-pyrrole nitrogens is 1. The van der Waals surface area contributed by atoms with Crippen LogP contribution in [0.25, 0.3) is 0 Å². The van der Waals surface area contributed by atoms with Crippen molar-refractivity contribution in [3.05, 3.63) is 47.5 Å². The summed E-state index contributed by atoms with van der Waals surface area (Å²) in [6.45, 7) is 6.63. The summed E-state index contributed by atoms with van der Waals surface area (Å²) < 4.78 is 28.0. The molecule has 5 atom stereocenters. The van der Waals surface area contributed by atoms with Gasteiger partial charge in [-0.05, 0) is 50.9 Å². The quantitative estimate of drug-likeness (QED) is 0.458. The molecule has 2 aliphatic heterocycles. The summed E-state index contributed by atoms with van der Waals surface area (Å²) in [5.74, 6) is 1.00. The van der Waals surface area contributed by atoms with Crippen LogP contribution in [0.3, 0.4) is 0 Å². The van der Waals surface area contributed by atoms with Crippen molar-refractivity contribution >= 4 is 5.69 Å². The number of halogens is 1. The van der Waals surface area contributed by atoms with E-state index in [-0.39, 0.29) is 18.2 Å². The third-order valence-corrected chi connectivity index (χ3v) is 7.88. The van der Waals surface area contributed by atoms with E-state index < -0.39 is 19.0 Å². The number of methoxy groups -OCH3 is 1. The topological polar surface area (TPSA) is 64.8 Å². The smallest absolute Gasteiger partial charge is 0.254 e. The van der Waals surface area contributed by atoms with Crippen molar-refractivity contribution in [2.45, 2.75) is 83.0 Å². The van der Waals surface area contributed by atoms with Gasteiger partial charge >= 0.3 is 0 Å². The van der Waals surface area contributed by atoms with Gasteiger partial charge in [-0.3, -0.25) is 0 Å². The maximum absolute atomic E-state index is 14.6. The monoisotopic (exact) mass is 503 g/mol. The minimum absolute atomic E-state index is 0.0567. The van der Waals surface area contributed by atoms with E-state index in [0.717, 1.165) is 56.0 Å². The fraction of sp³-hybridized carbons (Fsp3) is 0.679. The van der Waals surface area contributed by atoms with E-state index in [1.807, 2.05) is 11.5 Å². The molecule has 0 bridgehead atoms. The number of aliphatic hydroxyl groups excluding tert-OH is 1. The highest BCUT2D eigenvalue weighted by Crippen LogP contribution is 2.30. The molecule has 0 radical (unpaired) electrons. The Labute approximate surface area is 215 Å². The number of hydrogen-bond acceptors (Lipinski definition) is 5. The van der Waals surface area contributed by atoms with Crippen LogP contribution in [-0.2, 0) is 22.3 Å². The summed E-state index contributed by atoms with van der Waals surface area (Å²) in [6, 6.07) is 8.29. The lowest BCUT2D eigenvalue weighted by Gasteiger charge is -2.36. The van der Waals surface area contributed by atoms with Gasteiger partial charge in [-0.2, -0.15) is 0 Å². The molecule has 1 aromatic carbocycles. The maximum atomic E-state index is 14.6. The van der Waals surface area contributed by atoms with Crippen molar-refractivity contribution in [3.8, 4) is 0 Å². The highest BCUT2D eigenvalue weighted by molar-refractivity contribution is 5.48.